The van der Waals surface area contributed by atoms with Gasteiger partial charge in [0.05, 0.1) is 11.5 Å². The molecule has 0 aliphatic heterocycles. The van der Waals surface area contributed by atoms with Crippen LogP contribution in [-0.2, 0) is 6.54 Å². The van der Waals surface area contributed by atoms with Crippen molar-refractivity contribution in [3.05, 3.63) is 61.2 Å². The minimum atomic E-state index is -0.553. The van der Waals surface area contributed by atoms with Gasteiger partial charge in [0.25, 0.3) is 0 Å². The Kier molecular flexibility index (Phi) is 3.59. The second-order valence-electron chi connectivity index (χ2n) is 5.61. The van der Waals surface area contributed by atoms with Gasteiger partial charge < -0.3 is 9.52 Å². The van der Waals surface area contributed by atoms with E-state index in [1.807, 2.05) is 0 Å². The highest BCUT2D eigenvalue weighted by Crippen LogP contribution is 2.29. The van der Waals surface area contributed by atoms with Crippen molar-refractivity contribution in [1.82, 2.24) is 9.78 Å². The van der Waals surface area contributed by atoms with Gasteiger partial charge in [0.15, 0.2) is 0 Å². The number of aromatic hydroxyl groups is 1. The maximum absolute atomic E-state index is 11.8. The summed E-state index contributed by atoms with van der Waals surface area (Å²) in [6, 6.07) is 4.50. The fourth-order valence-electron chi connectivity index (χ4n) is 2.81. The Morgan fingerprint density at radius 2 is 2.04 bits per heavy atom. The summed E-state index contributed by atoms with van der Waals surface area (Å²) in [6.45, 7) is 5.02. The summed E-state index contributed by atoms with van der Waals surface area (Å²) in [7, 11) is 0. The van der Waals surface area contributed by atoms with Crippen LogP contribution < -0.4 is 5.63 Å². The Morgan fingerprint density at radius 1 is 1.33 bits per heavy atom. The number of rotatable bonds is 3. The van der Waals surface area contributed by atoms with Gasteiger partial charge in [0.1, 0.15) is 22.7 Å². The molecule has 0 unspecified atom stereocenters. The molecule has 0 radical (unpaired) electrons. The van der Waals surface area contributed by atoms with E-state index in [1.165, 1.54) is 16.8 Å². The molecule has 0 spiro atoms. The molecule has 3 aromatic rings. The second-order valence-corrected chi connectivity index (χ2v) is 5.61. The zero-order valence-corrected chi connectivity index (χ0v) is 13.4. The Balaban J connectivity index is 2.18. The number of phenols is 1. The molecule has 1 aromatic carbocycles. The van der Waals surface area contributed by atoms with Crippen molar-refractivity contribution in [3.63, 3.8) is 0 Å². The predicted molar refractivity (Wildman–Crippen MR) is 86.3 cm³/mol. The summed E-state index contributed by atoms with van der Waals surface area (Å²) in [5, 5.41) is 25.7. The van der Waals surface area contributed by atoms with E-state index in [0.717, 1.165) is 0 Å². The average Bonchev–Trinajstić information content (AvgIpc) is 2.77. The van der Waals surface area contributed by atoms with Crippen LogP contribution in [0, 0.1) is 30.9 Å². The van der Waals surface area contributed by atoms with Crippen LogP contribution in [0.5, 0.6) is 5.75 Å². The first-order chi connectivity index (χ1) is 11.3. The van der Waals surface area contributed by atoms with Crippen molar-refractivity contribution < 1.29 is 14.4 Å². The van der Waals surface area contributed by atoms with Gasteiger partial charge in [-0.2, -0.15) is 5.10 Å². The van der Waals surface area contributed by atoms with E-state index in [-0.39, 0.29) is 18.0 Å². The molecule has 124 valence electrons. The summed E-state index contributed by atoms with van der Waals surface area (Å²) in [5.74, 6) is 0.0320. The van der Waals surface area contributed by atoms with E-state index in [0.29, 0.717) is 33.5 Å². The van der Waals surface area contributed by atoms with Gasteiger partial charge in [-0.1, -0.05) is 0 Å². The first kappa shape index (κ1) is 15.7. The molecule has 0 aliphatic rings. The molecule has 0 bridgehead atoms. The Hall–Kier alpha value is -3.16. The van der Waals surface area contributed by atoms with Crippen LogP contribution in [0.4, 0.5) is 5.69 Å². The first-order valence-corrected chi connectivity index (χ1v) is 7.23. The van der Waals surface area contributed by atoms with E-state index in [9.17, 15) is 20.0 Å². The van der Waals surface area contributed by atoms with Crippen molar-refractivity contribution in [1.29, 1.82) is 0 Å². The quantitative estimate of drug-likeness (QED) is 0.449. The number of fused-ring (bicyclic) bond motifs is 1. The van der Waals surface area contributed by atoms with Crippen LogP contribution in [0.25, 0.3) is 11.0 Å². The van der Waals surface area contributed by atoms with Crippen molar-refractivity contribution in [2.75, 3.05) is 0 Å². The molecule has 2 heterocycles. The summed E-state index contributed by atoms with van der Waals surface area (Å²) in [6.07, 6.45) is 0. The highest BCUT2D eigenvalue weighted by Gasteiger charge is 2.22. The molecule has 0 atom stereocenters. The molecule has 0 saturated carbocycles. The van der Waals surface area contributed by atoms with Crippen molar-refractivity contribution in [3.8, 4) is 5.75 Å². The molecule has 3 rings (SSSR count). The molecule has 1 N–H and O–H groups in total. The Labute approximate surface area is 136 Å². The van der Waals surface area contributed by atoms with Gasteiger partial charge in [-0.25, -0.2) is 4.79 Å². The van der Waals surface area contributed by atoms with Crippen LogP contribution in [-0.4, -0.2) is 19.8 Å². The van der Waals surface area contributed by atoms with E-state index in [4.69, 9.17) is 4.42 Å². The summed E-state index contributed by atoms with van der Waals surface area (Å²) >= 11 is 0. The second kappa shape index (κ2) is 5.48. The van der Waals surface area contributed by atoms with Gasteiger partial charge in [-0.15, -0.1) is 0 Å². The molecule has 8 nitrogen and oxygen atoms in total. The number of phenolic OH excluding ortho intramolecular Hbond substituents is 1. The smallest absolute Gasteiger partial charge is 0.336 e. The first-order valence-electron chi connectivity index (χ1n) is 7.23. The number of benzene rings is 1. The third-order valence-corrected chi connectivity index (χ3v) is 4.06. The molecule has 0 fully saturated rings. The normalized spacial score (nSPS) is 11.1. The van der Waals surface area contributed by atoms with Crippen molar-refractivity contribution in [2.24, 2.45) is 0 Å². The van der Waals surface area contributed by atoms with Crippen LogP contribution in [0.1, 0.15) is 22.5 Å². The summed E-state index contributed by atoms with van der Waals surface area (Å²) < 4.78 is 6.69. The van der Waals surface area contributed by atoms with Crippen LogP contribution >= 0.6 is 0 Å². The Bertz CT molecular complexity index is 1030. The van der Waals surface area contributed by atoms with Gasteiger partial charge in [0.2, 0.25) is 0 Å². The van der Waals surface area contributed by atoms with Crippen molar-refractivity contribution >= 4 is 16.7 Å². The van der Waals surface area contributed by atoms with E-state index in [1.54, 1.807) is 26.8 Å². The number of nitro groups is 1. The van der Waals surface area contributed by atoms with Crippen molar-refractivity contribution in [2.45, 2.75) is 27.3 Å². The van der Waals surface area contributed by atoms with E-state index < -0.39 is 10.5 Å². The molecular weight excluding hydrogens is 314 g/mol. The predicted octanol–water partition coefficient (Wildman–Crippen LogP) is 2.58. The van der Waals surface area contributed by atoms with Crippen LogP contribution in [0.3, 0.4) is 0 Å². The number of aromatic nitrogens is 2. The zero-order chi connectivity index (χ0) is 17.6. The topological polar surface area (TPSA) is 111 Å². The van der Waals surface area contributed by atoms with Gasteiger partial charge in [-0.05, 0) is 38.5 Å². The summed E-state index contributed by atoms with van der Waals surface area (Å²) in [4.78, 5) is 22.5. The highest BCUT2D eigenvalue weighted by molar-refractivity contribution is 5.84. The lowest BCUT2D eigenvalue weighted by molar-refractivity contribution is -0.386. The minimum absolute atomic E-state index is 0.0314. The number of nitrogens with zero attached hydrogens (tertiary/aromatic N) is 3. The van der Waals surface area contributed by atoms with E-state index >= 15 is 0 Å². The molecule has 0 amide bonds. The summed E-state index contributed by atoms with van der Waals surface area (Å²) in [5.41, 5.74) is 1.52. The van der Waals surface area contributed by atoms with Gasteiger partial charge in [0, 0.05) is 17.0 Å². The SMILES string of the molecule is Cc1nn(Cc2cc(=O)oc3c(C)c(O)ccc23)c(C)c1[N+](=O)[O-]. The standard InChI is InChI=1S/C16H15N3O5/c1-8-13(20)5-4-12-11(6-14(21)24-16(8)12)7-18-10(3)15(19(22)23)9(2)17-18/h4-6,20H,7H2,1-3H3. The Morgan fingerprint density at radius 3 is 2.67 bits per heavy atom. The molecule has 24 heavy (non-hydrogen) atoms. The number of aryl methyl sites for hydroxylation is 2. The molecule has 0 aliphatic carbocycles. The maximum atomic E-state index is 11.8. The molecule has 8 heteroatoms. The monoisotopic (exact) mass is 329 g/mol. The lowest BCUT2D eigenvalue weighted by Gasteiger charge is -2.09. The van der Waals surface area contributed by atoms with Gasteiger partial charge >= 0.3 is 11.3 Å². The maximum Gasteiger partial charge on any atom is 0.336 e. The number of hydrogen-bond donors (Lipinski definition) is 1. The fraction of sp³-hybridized carbons (Fsp3) is 0.250. The largest absolute Gasteiger partial charge is 0.508 e. The zero-order valence-electron chi connectivity index (χ0n) is 13.4. The minimum Gasteiger partial charge on any atom is -0.508 e. The van der Waals surface area contributed by atoms with E-state index in [2.05, 4.69) is 5.10 Å². The lowest BCUT2D eigenvalue weighted by Crippen LogP contribution is -2.09. The molecular formula is C16H15N3O5. The highest BCUT2D eigenvalue weighted by atomic mass is 16.6. The average molecular weight is 329 g/mol. The fourth-order valence-corrected chi connectivity index (χ4v) is 2.81. The third-order valence-electron chi connectivity index (χ3n) is 4.06. The van der Waals surface area contributed by atoms with Crippen LogP contribution in [0.2, 0.25) is 0 Å². The van der Waals surface area contributed by atoms with Gasteiger partial charge in [-0.3, -0.25) is 14.8 Å². The lowest BCUT2D eigenvalue weighted by atomic mass is 10.1. The molecule has 0 saturated heterocycles. The third kappa shape index (κ3) is 2.41. The van der Waals surface area contributed by atoms with Crippen LogP contribution in [0.15, 0.2) is 27.4 Å². The molecule has 2 aromatic heterocycles. The number of hydrogen-bond acceptors (Lipinski definition) is 6.